The van der Waals surface area contributed by atoms with Crippen LogP contribution in [0.5, 0.6) is 0 Å². The molecule has 0 radical (unpaired) electrons. The number of primary amides is 1. The molecule has 0 saturated carbocycles. The molecule has 0 bridgehead atoms. The van der Waals surface area contributed by atoms with Crippen LogP contribution >= 0.6 is 0 Å². The molecule has 0 saturated heterocycles. The minimum atomic E-state index is -0.277. The number of aryl methyl sites for hydroxylation is 1. The van der Waals surface area contributed by atoms with Crippen molar-refractivity contribution in [1.82, 2.24) is 20.1 Å². The molecule has 6 heteroatoms. The van der Waals surface area contributed by atoms with Crippen molar-refractivity contribution in [2.75, 3.05) is 13.1 Å². The monoisotopic (exact) mass is 211 g/mol. The molecule has 1 aromatic rings. The summed E-state index contributed by atoms with van der Waals surface area (Å²) in [7, 11) is 1.90. The summed E-state index contributed by atoms with van der Waals surface area (Å²) in [6, 6.07) is 0. The van der Waals surface area contributed by atoms with Gasteiger partial charge in [-0.25, -0.2) is 0 Å². The van der Waals surface area contributed by atoms with E-state index >= 15 is 0 Å². The van der Waals surface area contributed by atoms with Gasteiger partial charge in [0.1, 0.15) is 12.2 Å². The molecule has 84 valence electrons. The number of nitrogens with zero attached hydrogens (tertiary/aromatic N) is 3. The van der Waals surface area contributed by atoms with Gasteiger partial charge in [0.2, 0.25) is 5.91 Å². The van der Waals surface area contributed by atoms with Gasteiger partial charge in [0.15, 0.2) is 0 Å². The molecular weight excluding hydrogens is 194 g/mol. The van der Waals surface area contributed by atoms with E-state index in [2.05, 4.69) is 15.5 Å². The van der Waals surface area contributed by atoms with Crippen LogP contribution in [0.2, 0.25) is 0 Å². The minimum Gasteiger partial charge on any atom is -0.369 e. The highest BCUT2D eigenvalue weighted by atomic mass is 16.1. The number of nitrogens with one attached hydrogen (secondary N) is 1. The number of nitrogens with two attached hydrogens (primary N) is 1. The zero-order valence-electron chi connectivity index (χ0n) is 9.10. The molecule has 0 aliphatic heterocycles. The third-order valence-electron chi connectivity index (χ3n) is 2.27. The van der Waals surface area contributed by atoms with E-state index in [1.807, 2.05) is 11.6 Å². The van der Waals surface area contributed by atoms with Crippen LogP contribution in [0.3, 0.4) is 0 Å². The Labute approximate surface area is 88.9 Å². The van der Waals surface area contributed by atoms with Crippen molar-refractivity contribution in [2.24, 2.45) is 18.7 Å². The summed E-state index contributed by atoms with van der Waals surface area (Å²) < 4.78 is 1.87. The first kappa shape index (κ1) is 11.6. The molecule has 1 amide bonds. The van der Waals surface area contributed by atoms with E-state index in [9.17, 15) is 4.79 Å². The normalized spacial score (nSPS) is 12.7. The topological polar surface area (TPSA) is 85.8 Å². The third-order valence-corrected chi connectivity index (χ3v) is 2.27. The van der Waals surface area contributed by atoms with E-state index in [1.165, 1.54) is 0 Å². The summed E-state index contributed by atoms with van der Waals surface area (Å²) in [5.74, 6) is 0.514. The lowest BCUT2D eigenvalue weighted by molar-refractivity contribution is -0.121. The van der Waals surface area contributed by atoms with Crippen molar-refractivity contribution in [1.29, 1.82) is 0 Å². The molecule has 0 spiro atoms. The smallest absolute Gasteiger partial charge is 0.221 e. The number of carbonyl (C=O) groups excluding carboxylic acids is 1. The molecule has 1 atom stereocenters. The molecule has 6 nitrogen and oxygen atoms in total. The van der Waals surface area contributed by atoms with Crippen LogP contribution in [0.25, 0.3) is 0 Å². The molecular formula is C9H17N5O. The number of rotatable bonds is 6. The molecule has 15 heavy (non-hydrogen) atoms. The molecule has 0 aliphatic carbocycles. The molecule has 1 rings (SSSR count). The van der Waals surface area contributed by atoms with Gasteiger partial charge in [0, 0.05) is 32.5 Å². The fourth-order valence-electron chi connectivity index (χ4n) is 1.15. The van der Waals surface area contributed by atoms with Gasteiger partial charge in [-0.05, 0) is 0 Å². The van der Waals surface area contributed by atoms with Crippen LogP contribution in [0, 0.1) is 5.92 Å². The SMILES string of the molecule is CC(CNCCc1nncn1C)C(N)=O. The van der Waals surface area contributed by atoms with Gasteiger partial charge in [-0.1, -0.05) is 6.92 Å². The molecule has 1 aromatic heterocycles. The first-order valence-electron chi connectivity index (χ1n) is 4.94. The zero-order valence-corrected chi connectivity index (χ0v) is 9.10. The maximum absolute atomic E-state index is 10.7. The first-order chi connectivity index (χ1) is 7.11. The Morgan fingerprint density at radius 1 is 1.73 bits per heavy atom. The average molecular weight is 211 g/mol. The van der Waals surface area contributed by atoms with Crippen molar-refractivity contribution in [3.8, 4) is 0 Å². The predicted molar refractivity (Wildman–Crippen MR) is 55.9 cm³/mol. The van der Waals surface area contributed by atoms with E-state index in [4.69, 9.17) is 5.73 Å². The summed E-state index contributed by atoms with van der Waals surface area (Å²) in [4.78, 5) is 10.7. The largest absolute Gasteiger partial charge is 0.369 e. The Balaban J connectivity index is 2.17. The standard InChI is InChI=1S/C9H17N5O/c1-7(9(10)15)5-11-4-3-8-13-12-6-14(8)2/h6-7,11H,3-5H2,1-2H3,(H2,10,15). The second kappa shape index (κ2) is 5.45. The third kappa shape index (κ3) is 3.67. The molecule has 1 heterocycles. The van der Waals surface area contributed by atoms with Gasteiger partial charge in [0.25, 0.3) is 0 Å². The number of hydrogen-bond donors (Lipinski definition) is 2. The van der Waals surface area contributed by atoms with E-state index in [0.29, 0.717) is 6.54 Å². The summed E-state index contributed by atoms with van der Waals surface area (Å²) in [5, 5.41) is 10.9. The Morgan fingerprint density at radius 2 is 2.47 bits per heavy atom. The van der Waals surface area contributed by atoms with Crippen LogP contribution in [0.15, 0.2) is 6.33 Å². The van der Waals surface area contributed by atoms with Gasteiger partial charge >= 0.3 is 0 Å². The van der Waals surface area contributed by atoms with Crippen LogP contribution < -0.4 is 11.1 Å². The lowest BCUT2D eigenvalue weighted by Gasteiger charge is -2.08. The quantitative estimate of drug-likeness (QED) is 0.595. The average Bonchev–Trinajstić information content (AvgIpc) is 2.58. The van der Waals surface area contributed by atoms with Crippen molar-refractivity contribution < 1.29 is 4.79 Å². The Kier molecular flexibility index (Phi) is 4.23. The number of amides is 1. The number of aromatic nitrogens is 3. The highest BCUT2D eigenvalue weighted by Gasteiger charge is 2.07. The van der Waals surface area contributed by atoms with Crippen LogP contribution in [0.1, 0.15) is 12.7 Å². The Hall–Kier alpha value is -1.43. The molecule has 0 aromatic carbocycles. The highest BCUT2D eigenvalue weighted by molar-refractivity contribution is 5.76. The van der Waals surface area contributed by atoms with Gasteiger partial charge in [0.05, 0.1) is 0 Å². The molecule has 3 N–H and O–H groups in total. The molecule has 0 aliphatic rings. The Bertz CT molecular complexity index is 322. The fourth-order valence-corrected chi connectivity index (χ4v) is 1.15. The second-order valence-electron chi connectivity index (χ2n) is 3.62. The van der Waals surface area contributed by atoms with E-state index in [-0.39, 0.29) is 11.8 Å². The summed E-state index contributed by atoms with van der Waals surface area (Å²) in [6.45, 7) is 3.18. The van der Waals surface area contributed by atoms with E-state index < -0.39 is 0 Å². The van der Waals surface area contributed by atoms with Crippen LogP contribution in [-0.2, 0) is 18.3 Å². The van der Waals surface area contributed by atoms with E-state index in [0.717, 1.165) is 18.8 Å². The summed E-state index contributed by atoms with van der Waals surface area (Å²) in [6.07, 6.45) is 2.46. The van der Waals surface area contributed by atoms with Crippen LogP contribution in [-0.4, -0.2) is 33.8 Å². The zero-order chi connectivity index (χ0) is 11.3. The van der Waals surface area contributed by atoms with Gasteiger partial charge < -0.3 is 15.6 Å². The predicted octanol–water partition coefficient (Wildman–Crippen LogP) is -0.931. The lowest BCUT2D eigenvalue weighted by atomic mass is 10.2. The van der Waals surface area contributed by atoms with Gasteiger partial charge in [-0.2, -0.15) is 0 Å². The summed E-state index contributed by atoms with van der Waals surface area (Å²) >= 11 is 0. The van der Waals surface area contributed by atoms with E-state index in [1.54, 1.807) is 13.3 Å². The van der Waals surface area contributed by atoms with Crippen molar-refractivity contribution in [3.05, 3.63) is 12.2 Å². The first-order valence-corrected chi connectivity index (χ1v) is 4.94. The number of hydrogen-bond acceptors (Lipinski definition) is 4. The van der Waals surface area contributed by atoms with Gasteiger partial charge in [-0.3, -0.25) is 4.79 Å². The molecule has 0 fully saturated rings. The van der Waals surface area contributed by atoms with Crippen molar-refractivity contribution in [2.45, 2.75) is 13.3 Å². The highest BCUT2D eigenvalue weighted by Crippen LogP contribution is 1.93. The lowest BCUT2D eigenvalue weighted by Crippen LogP contribution is -2.32. The minimum absolute atomic E-state index is 0.135. The maximum atomic E-state index is 10.7. The second-order valence-corrected chi connectivity index (χ2v) is 3.62. The van der Waals surface area contributed by atoms with Crippen molar-refractivity contribution >= 4 is 5.91 Å². The molecule has 1 unspecified atom stereocenters. The Morgan fingerprint density at radius 3 is 3.00 bits per heavy atom. The fraction of sp³-hybridized carbons (Fsp3) is 0.667. The maximum Gasteiger partial charge on any atom is 0.221 e. The number of carbonyl (C=O) groups is 1. The van der Waals surface area contributed by atoms with Gasteiger partial charge in [-0.15, -0.1) is 10.2 Å². The summed E-state index contributed by atoms with van der Waals surface area (Å²) in [5.41, 5.74) is 5.13. The van der Waals surface area contributed by atoms with Crippen LogP contribution in [0.4, 0.5) is 0 Å². The van der Waals surface area contributed by atoms with Crippen molar-refractivity contribution in [3.63, 3.8) is 0 Å².